The van der Waals surface area contributed by atoms with Gasteiger partial charge in [-0.3, -0.25) is 9.59 Å². The van der Waals surface area contributed by atoms with Crippen molar-refractivity contribution in [2.45, 2.75) is 84.7 Å². The lowest BCUT2D eigenvalue weighted by Gasteiger charge is -2.36. The van der Waals surface area contributed by atoms with Gasteiger partial charge in [0, 0.05) is 25.0 Å². The standard InChI is InChI=1S/C20H37N3O2/c1-5-6-8-14-11-15(12-14)18(24)22-13-16-9-7-10-23(16)19(25)17(21)20(2,3)4/h14-17H,5-13,21H2,1-4H3,(H,22,24)/t14?,15?,16-,17-/m1/s1. The van der Waals surface area contributed by atoms with Crippen molar-refractivity contribution in [2.75, 3.05) is 13.1 Å². The average Bonchev–Trinajstić information content (AvgIpc) is 2.97. The summed E-state index contributed by atoms with van der Waals surface area (Å²) < 4.78 is 0. The number of nitrogens with one attached hydrogen (secondary N) is 1. The average molecular weight is 352 g/mol. The molecule has 0 aromatic heterocycles. The van der Waals surface area contributed by atoms with Crippen molar-refractivity contribution in [3.63, 3.8) is 0 Å². The van der Waals surface area contributed by atoms with Gasteiger partial charge in [0.1, 0.15) is 0 Å². The summed E-state index contributed by atoms with van der Waals surface area (Å²) in [7, 11) is 0. The highest BCUT2D eigenvalue weighted by Gasteiger charge is 2.38. The normalized spacial score (nSPS) is 27.7. The van der Waals surface area contributed by atoms with E-state index in [1.165, 1.54) is 19.3 Å². The zero-order valence-corrected chi connectivity index (χ0v) is 16.5. The largest absolute Gasteiger partial charge is 0.354 e. The van der Waals surface area contributed by atoms with Crippen LogP contribution in [-0.2, 0) is 9.59 Å². The minimum absolute atomic E-state index is 0.0209. The molecule has 1 aliphatic carbocycles. The summed E-state index contributed by atoms with van der Waals surface area (Å²) in [4.78, 5) is 26.9. The molecule has 2 fully saturated rings. The number of carbonyl (C=O) groups excluding carboxylic acids is 2. The highest BCUT2D eigenvalue weighted by atomic mass is 16.2. The highest BCUT2D eigenvalue weighted by Crippen LogP contribution is 2.37. The summed E-state index contributed by atoms with van der Waals surface area (Å²) in [6.45, 7) is 9.52. The quantitative estimate of drug-likeness (QED) is 0.740. The predicted molar refractivity (Wildman–Crippen MR) is 101 cm³/mol. The van der Waals surface area contributed by atoms with Crippen LogP contribution in [0.25, 0.3) is 0 Å². The lowest BCUT2D eigenvalue weighted by Crippen LogP contribution is -2.54. The fourth-order valence-corrected chi connectivity index (χ4v) is 3.93. The first kappa shape index (κ1) is 20.2. The molecule has 5 heteroatoms. The second-order valence-electron chi connectivity index (χ2n) is 9.09. The number of hydrogen-bond acceptors (Lipinski definition) is 3. The zero-order chi connectivity index (χ0) is 18.6. The van der Waals surface area contributed by atoms with Crippen molar-refractivity contribution in [2.24, 2.45) is 23.0 Å². The Hall–Kier alpha value is -1.10. The number of nitrogens with zero attached hydrogens (tertiary/aromatic N) is 1. The summed E-state index contributed by atoms with van der Waals surface area (Å²) in [5, 5.41) is 3.09. The fraction of sp³-hybridized carbons (Fsp3) is 0.900. The van der Waals surface area contributed by atoms with Crippen LogP contribution >= 0.6 is 0 Å². The van der Waals surface area contributed by atoms with Gasteiger partial charge in [0.25, 0.3) is 0 Å². The van der Waals surface area contributed by atoms with Gasteiger partial charge in [0.2, 0.25) is 11.8 Å². The number of amides is 2. The van der Waals surface area contributed by atoms with Crippen LogP contribution in [0.15, 0.2) is 0 Å². The first-order valence-electron chi connectivity index (χ1n) is 10.1. The number of carbonyl (C=O) groups is 2. The van der Waals surface area contributed by atoms with Gasteiger partial charge < -0.3 is 16.0 Å². The molecule has 1 aliphatic heterocycles. The summed E-state index contributed by atoms with van der Waals surface area (Å²) in [5.74, 6) is 1.12. The molecule has 1 saturated carbocycles. The van der Waals surface area contributed by atoms with Crippen molar-refractivity contribution in [1.82, 2.24) is 10.2 Å². The molecule has 0 aromatic rings. The number of nitrogens with two attached hydrogens (primary N) is 1. The Morgan fingerprint density at radius 2 is 1.96 bits per heavy atom. The van der Waals surface area contributed by atoms with Crippen molar-refractivity contribution < 1.29 is 9.59 Å². The second kappa shape index (κ2) is 8.52. The van der Waals surface area contributed by atoms with Crippen LogP contribution in [0.4, 0.5) is 0 Å². The van der Waals surface area contributed by atoms with E-state index in [-0.39, 0.29) is 29.2 Å². The van der Waals surface area contributed by atoms with Crippen LogP contribution in [-0.4, -0.2) is 41.9 Å². The van der Waals surface area contributed by atoms with Crippen LogP contribution in [0.1, 0.15) is 72.6 Å². The Morgan fingerprint density at radius 3 is 2.56 bits per heavy atom. The highest BCUT2D eigenvalue weighted by molar-refractivity contribution is 5.83. The van der Waals surface area contributed by atoms with Crippen LogP contribution < -0.4 is 11.1 Å². The van der Waals surface area contributed by atoms with E-state index in [9.17, 15) is 9.59 Å². The van der Waals surface area contributed by atoms with E-state index in [0.717, 1.165) is 38.1 Å². The van der Waals surface area contributed by atoms with Crippen molar-refractivity contribution in [3.05, 3.63) is 0 Å². The van der Waals surface area contributed by atoms with E-state index >= 15 is 0 Å². The topological polar surface area (TPSA) is 75.4 Å². The Balaban J connectivity index is 1.76. The van der Waals surface area contributed by atoms with E-state index in [0.29, 0.717) is 6.54 Å². The van der Waals surface area contributed by atoms with Gasteiger partial charge in [-0.1, -0.05) is 47.0 Å². The first-order valence-corrected chi connectivity index (χ1v) is 10.1. The molecular weight excluding hydrogens is 314 g/mol. The van der Waals surface area contributed by atoms with Crippen molar-refractivity contribution >= 4 is 11.8 Å². The molecule has 2 aliphatic rings. The molecule has 0 bridgehead atoms. The molecule has 2 atom stereocenters. The second-order valence-corrected chi connectivity index (χ2v) is 9.09. The zero-order valence-electron chi connectivity index (χ0n) is 16.5. The lowest BCUT2D eigenvalue weighted by atomic mass is 9.72. The predicted octanol–water partition coefficient (Wildman–Crippen LogP) is 2.68. The van der Waals surface area contributed by atoms with Gasteiger partial charge in [-0.15, -0.1) is 0 Å². The molecule has 0 unspecified atom stereocenters. The summed E-state index contributed by atoms with van der Waals surface area (Å²) in [6, 6.07) is -0.393. The third-order valence-corrected chi connectivity index (χ3v) is 5.94. The molecule has 1 heterocycles. The Labute approximate surface area is 153 Å². The number of unbranched alkanes of at least 4 members (excludes halogenated alkanes) is 1. The Morgan fingerprint density at radius 1 is 1.28 bits per heavy atom. The molecule has 2 rings (SSSR count). The molecule has 25 heavy (non-hydrogen) atoms. The number of rotatable bonds is 7. The van der Waals surface area contributed by atoms with Gasteiger partial charge in [0.15, 0.2) is 0 Å². The first-order chi connectivity index (χ1) is 11.7. The molecule has 3 N–H and O–H groups in total. The maximum Gasteiger partial charge on any atom is 0.240 e. The monoisotopic (exact) mass is 351 g/mol. The minimum Gasteiger partial charge on any atom is -0.354 e. The Bertz CT molecular complexity index is 466. The van der Waals surface area contributed by atoms with Gasteiger partial charge >= 0.3 is 0 Å². The SMILES string of the molecule is CCCCC1CC(C(=O)NC[C@H]2CCCN2C(=O)[C@@H](N)C(C)(C)C)C1. The van der Waals surface area contributed by atoms with Gasteiger partial charge in [-0.2, -0.15) is 0 Å². The van der Waals surface area contributed by atoms with Crippen molar-refractivity contribution in [3.8, 4) is 0 Å². The van der Waals surface area contributed by atoms with E-state index in [2.05, 4.69) is 12.2 Å². The molecule has 0 spiro atoms. The van der Waals surface area contributed by atoms with Gasteiger partial charge in [0.05, 0.1) is 6.04 Å². The van der Waals surface area contributed by atoms with E-state index < -0.39 is 6.04 Å². The third kappa shape index (κ3) is 5.19. The van der Waals surface area contributed by atoms with Crippen LogP contribution in [0.5, 0.6) is 0 Å². The molecule has 0 aromatic carbocycles. The molecule has 0 radical (unpaired) electrons. The molecule has 144 valence electrons. The molecule has 2 amide bonds. The maximum atomic E-state index is 12.7. The number of likely N-dealkylation sites (tertiary alicyclic amines) is 1. The molecule has 5 nitrogen and oxygen atoms in total. The van der Waals surface area contributed by atoms with E-state index in [1.54, 1.807) is 0 Å². The van der Waals surface area contributed by atoms with E-state index in [4.69, 9.17) is 5.73 Å². The summed E-state index contributed by atoms with van der Waals surface area (Å²) in [5.41, 5.74) is 5.90. The third-order valence-electron chi connectivity index (χ3n) is 5.94. The van der Waals surface area contributed by atoms with Crippen LogP contribution in [0.2, 0.25) is 0 Å². The smallest absolute Gasteiger partial charge is 0.240 e. The van der Waals surface area contributed by atoms with Crippen molar-refractivity contribution in [1.29, 1.82) is 0 Å². The maximum absolute atomic E-state index is 12.7. The Kier molecular flexibility index (Phi) is 6.89. The summed E-state index contributed by atoms with van der Waals surface area (Å²) >= 11 is 0. The fourth-order valence-electron chi connectivity index (χ4n) is 3.93. The number of hydrogen-bond donors (Lipinski definition) is 2. The van der Waals surface area contributed by atoms with Crippen LogP contribution in [0.3, 0.4) is 0 Å². The lowest BCUT2D eigenvalue weighted by molar-refractivity contribution is -0.136. The summed E-state index contributed by atoms with van der Waals surface area (Å²) in [6.07, 6.45) is 7.78. The van der Waals surface area contributed by atoms with Gasteiger partial charge in [-0.05, 0) is 37.0 Å². The minimum atomic E-state index is -0.491. The molecule has 1 saturated heterocycles. The van der Waals surface area contributed by atoms with Crippen LogP contribution in [0, 0.1) is 17.3 Å². The van der Waals surface area contributed by atoms with Gasteiger partial charge in [-0.25, -0.2) is 0 Å². The van der Waals surface area contributed by atoms with E-state index in [1.807, 2.05) is 25.7 Å². The molecular formula is C20H37N3O2.